The second kappa shape index (κ2) is 5.46. The third-order valence-corrected chi connectivity index (χ3v) is 2.52. The van der Waals surface area contributed by atoms with Crippen LogP contribution in [0, 0.1) is 0 Å². The highest BCUT2D eigenvalue weighted by molar-refractivity contribution is 6.55. The molecule has 0 atom stereocenters. The summed E-state index contributed by atoms with van der Waals surface area (Å²) in [6, 6.07) is 0. The lowest BCUT2D eigenvalue weighted by Gasteiger charge is -2.18. The highest BCUT2D eigenvalue weighted by atomic mass is 19.1. The summed E-state index contributed by atoms with van der Waals surface area (Å²) < 4.78 is 18.1. The van der Waals surface area contributed by atoms with E-state index in [0.717, 1.165) is 0 Å². The van der Waals surface area contributed by atoms with Crippen LogP contribution in [-0.4, -0.2) is 17.7 Å². The van der Waals surface area contributed by atoms with Crippen molar-refractivity contribution in [1.29, 1.82) is 0 Å². The molecule has 1 rings (SSSR count). The standard InChI is InChI=1S/C10H14BFO2.C2H6/c1-6(8(3)12)9-7(2)10(4,5)14-11(9)13;1-2/h13H,2-3H2,1,4-5H3;1-2H3/b9-6+;. The molecule has 1 saturated heterocycles. The van der Waals surface area contributed by atoms with Gasteiger partial charge in [0.15, 0.2) is 0 Å². The Bertz CT molecular complexity index is 332. The van der Waals surface area contributed by atoms with E-state index in [2.05, 4.69) is 13.2 Å². The van der Waals surface area contributed by atoms with Crippen molar-refractivity contribution in [3.05, 3.63) is 35.6 Å². The van der Waals surface area contributed by atoms with Gasteiger partial charge in [-0.25, -0.2) is 4.39 Å². The Morgan fingerprint density at radius 2 is 1.88 bits per heavy atom. The SMILES string of the molecule is C=C(F)/C(C)=C1/B(O)OC(C)(C)C1=C.CC. The third-order valence-electron chi connectivity index (χ3n) is 2.52. The summed E-state index contributed by atoms with van der Waals surface area (Å²) in [7, 11) is -1.11. The monoisotopic (exact) mass is 226 g/mol. The molecule has 1 aliphatic rings. The topological polar surface area (TPSA) is 29.5 Å². The molecule has 4 heteroatoms. The zero-order valence-electron chi connectivity index (χ0n) is 10.7. The molecule has 1 aliphatic heterocycles. The van der Waals surface area contributed by atoms with E-state index >= 15 is 0 Å². The first-order valence-electron chi connectivity index (χ1n) is 5.38. The number of hydrogen-bond donors (Lipinski definition) is 1. The van der Waals surface area contributed by atoms with E-state index in [1.807, 2.05) is 13.8 Å². The van der Waals surface area contributed by atoms with E-state index in [4.69, 9.17) is 4.65 Å². The molecule has 16 heavy (non-hydrogen) atoms. The number of allylic oxidation sites excluding steroid dienone is 2. The van der Waals surface area contributed by atoms with Gasteiger partial charge in [0, 0.05) is 0 Å². The highest BCUT2D eigenvalue weighted by Crippen LogP contribution is 2.38. The van der Waals surface area contributed by atoms with Crippen molar-refractivity contribution < 1.29 is 14.1 Å². The third kappa shape index (κ3) is 2.83. The van der Waals surface area contributed by atoms with Crippen LogP contribution in [0.1, 0.15) is 34.6 Å². The fourth-order valence-electron chi connectivity index (χ4n) is 1.44. The van der Waals surface area contributed by atoms with E-state index in [1.54, 1.807) is 20.8 Å². The van der Waals surface area contributed by atoms with Gasteiger partial charge >= 0.3 is 7.12 Å². The summed E-state index contributed by atoms with van der Waals surface area (Å²) >= 11 is 0. The summed E-state index contributed by atoms with van der Waals surface area (Å²) in [6.45, 7) is 16.1. The molecule has 1 fully saturated rings. The van der Waals surface area contributed by atoms with Gasteiger partial charge < -0.3 is 9.68 Å². The predicted octanol–water partition coefficient (Wildman–Crippen LogP) is 3.20. The predicted molar refractivity (Wildman–Crippen MR) is 66.6 cm³/mol. The van der Waals surface area contributed by atoms with Crippen molar-refractivity contribution in [2.45, 2.75) is 40.2 Å². The van der Waals surface area contributed by atoms with Crippen LogP contribution in [0.15, 0.2) is 35.6 Å². The zero-order valence-corrected chi connectivity index (χ0v) is 10.7. The van der Waals surface area contributed by atoms with Gasteiger partial charge in [-0.15, -0.1) is 0 Å². The van der Waals surface area contributed by atoms with Crippen molar-refractivity contribution in [3.63, 3.8) is 0 Å². The highest BCUT2D eigenvalue weighted by Gasteiger charge is 2.43. The minimum atomic E-state index is -1.11. The van der Waals surface area contributed by atoms with Crippen LogP contribution in [0.25, 0.3) is 0 Å². The Labute approximate surface area is 97.7 Å². The van der Waals surface area contributed by atoms with Crippen molar-refractivity contribution >= 4 is 7.12 Å². The van der Waals surface area contributed by atoms with Crippen LogP contribution in [0.3, 0.4) is 0 Å². The summed E-state index contributed by atoms with van der Waals surface area (Å²) in [4.78, 5) is 0. The van der Waals surface area contributed by atoms with E-state index in [-0.39, 0.29) is 0 Å². The molecule has 90 valence electrons. The van der Waals surface area contributed by atoms with Gasteiger partial charge in [-0.05, 0) is 37.4 Å². The fourth-order valence-corrected chi connectivity index (χ4v) is 1.44. The number of hydrogen-bond acceptors (Lipinski definition) is 2. The summed E-state index contributed by atoms with van der Waals surface area (Å²) in [5.41, 5.74) is 0.655. The molecule has 0 aromatic heterocycles. The molecule has 0 aromatic rings. The lowest BCUT2D eigenvalue weighted by atomic mass is 9.73. The largest absolute Gasteiger partial charge is 0.492 e. The molecule has 0 aromatic carbocycles. The van der Waals surface area contributed by atoms with Crippen molar-refractivity contribution in [1.82, 2.24) is 0 Å². The van der Waals surface area contributed by atoms with Crippen LogP contribution in [0.5, 0.6) is 0 Å². The molecule has 0 saturated carbocycles. The maximum Gasteiger partial charge on any atom is 0.492 e. The average Bonchev–Trinajstić information content (AvgIpc) is 2.38. The van der Waals surface area contributed by atoms with Gasteiger partial charge in [-0.3, -0.25) is 0 Å². The fraction of sp³-hybridized carbons (Fsp3) is 0.500. The molecule has 0 amide bonds. The van der Waals surface area contributed by atoms with Gasteiger partial charge in [-0.2, -0.15) is 0 Å². The van der Waals surface area contributed by atoms with Crippen LogP contribution >= 0.6 is 0 Å². The van der Waals surface area contributed by atoms with Crippen molar-refractivity contribution in [2.75, 3.05) is 0 Å². The van der Waals surface area contributed by atoms with E-state index < -0.39 is 18.5 Å². The van der Waals surface area contributed by atoms with Crippen molar-refractivity contribution in [2.24, 2.45) is 0 Å². The molecule has 0 radical (unpaired) electrons. The Morgan fingerprint density at radius 1 is 1.44 bits per heavy atom. The normalized spacial score (nSPS) is 21.4. The first-order chi connectivity index (χ1) is 7.27. The first kappa shape index (κ1) is 15.1. The van der Waals surface area contributed by atoms with Gasteiger partial charge in [0.05, 0.1) is 5.60 Å². The van der Waals surface area contributed by atoms with E-state index in [0.29, 0.717) is 16.6 Å². The molecule has 0 aliphatic carbocycles. The lowest BCUT2D eigenvalue weighted by molar-refractivity contribution is 0.145. The average molecular weight is 226 g/mol. The Hall–Kier alpha value is -0.865. The Kier molecular flexibility index (Phi) is 5.16. The lowest BCUT2D eigenvalue weighted by Crippen LogP contribution is -2.23. The number of rotatable bonds is 1. The summed E-state index contributed by atoms with van der Waals surface area (Å²) in [6.07, 6.45) is 0. The van der Waals surface area contributed by atoms with Gasteiger partial charge in [0.25, 0.3) is 0 Å². The molecule has 2 nitrogen and oxygen atoms in total. The van der Waals surface area contributed by atoms with Gasteiger partial charge in [-0.1, -0.05) is 27.0 Å². The Morgan fingerprint density at radius 3 is 2.12 bits per heavy atom. The zero-order chi connectivity index (χ0) is 13.1. The second-order valence-corrected chi connectivity index (χ2v) is 3.90. The van der Waals surface area contributed by atoms with Gasteiger partial charge in [0.1, 0.15) is 5.83 Å². The Balaban J connectivity index is 0.00000106. The van der Waals surface area contributed by atoms with Crippen LogP contribution in [-0.2, 0) is 4.65 Å². The molecular formula is C12H20BFO2. The molecule has 0 bridgehead atoms. The second-order valence-electron chi connectivity index (χ2n) is 3.90. The maximum atomic E-state index is 12.9. The summed E-state index contributed by atoms with van der Waals surface area (Å²) in [5.74, 6) is -0.568. The molecule has 0 spiro atoms. The van der Waals surface area contributed by atoms with Crippen molar-refractivity contribution in [3.8, 4) is 0 Å². The van der Waals surface area contributed by atoms with E-state index in [9.17, 15) is 9.41 Å². The molecular weight excluding hydrogens is 206 g/mol. The van der Waals surface area contributed by atoms with Gasteiger partial charge in [0.2, 0.25) is 0 Å². The molecule has 0 unspecified atom stereocenters. The minimum absolute atomic E-state index is 0.299. The van der Waals surface area contributed by atoms with Crippen LogP contribution < -0.4 is 0 Å². The number of halogens is 1. The molecule has 1 N–H and O–H groups in total. The molecule has 1 heterocycles. The smallest absolute Gasteiger partial charge is 0.423 e. The van der Waals surface area contributed by atoms with Crippen LogP contribution in [0.4, 0.5) is 4.39 Å². The first-order valence-corrected chi connectivity index (χ1v) is 5.38. The summed E-state index contributed by atoms with van der Waals surface area (Å²) in [5, 5.41) is 9.57. The minimum Gasteiger partial charge on any atom is -0.423 e. The maximum absolute atomic E-state index is 12.9. The van der Waals surface area contributed by atoms with Crippen LogP contribution in [0.2, 0.25) is 0 Å². The quantitative estimate of drug-likeness (QED) is 0.695. The van der Waals surface area contributed by atoms with E-state index in [1.165, 1.54) is 0 Å².